The summed E-state index contributed by atoms with van der Waals surface area (Å²) in [6, 6.07) is 10.5. The van der Waals surface area contributed by atoms with Crippen LogP contribution in [0.3, 0.4) is 0 Å². The molecule has 0 amide bonds. The standard InChI is InChI=1S/C21H19ClO5/c1-4-25-18(23)11-26-21-19(24)15-9-12(2)13(3)10-17(15)27-20(21)14-7-5-6-8-16(14)22/h5-10H,4,11H2,1-3H3. The first-order valence-electron chi connectivity index (χ1n) is 8.53. The van der Waals surface area contributed by atoms with Gasteiger partial charge in [0, 0.05) is 5.56 Å². The van der Waals surface area contributed by atoms with Gasteiger partial charge < -0.3 is 13.9 Å². The summed E-state index contributed by atoms with van der Waals surface area (Å²) in [7, 11) is 0. The van der Waals surface area contributed by atoms with Gasteiger partial charge in [0.1, 0.15) is 5.58 Å². The van der Waals surface area contributed by atoms with Crippen molar-refractivity contribution < 1.29 is 18.7 Å². The zero-order chi connectivity index (χ0) is 19.6. The van der Waals surface area contributed by atoms with Gasteiger partial charge in [-0.15, -0.1) is 0 Å². The van der Waals surface area contributed by atoms with E-state index in [9.17, 15) is 9.59 Å². The van der Waals surface area contributed by atoms with E-state index in [1.165, 1.54) is 0 Å². The van der Waals surface area contributed by atoms with E-state index in [-0.39, 0.29) is 23.5 Å². The maximum Gasteiger partial charge on any atom is 0.344 e. The van der Waals surface area contributed by atoms with E-state index < -0.39 is 12.6 Å². The number of benzene rings is 2. The lowest BCUT2D eigenvalue weighted by atomic mass is 10.0. The fourth-order valence-corrected chi connectivity index (χ4v) is 2.94. The van der Waals surface area contributed by atoms with E-state index in [1.54, 1.807) is 37.3 Å². The Morgan fingerprint density at radius 3 is 2.56 bits per heavy atom. The van der Waals surface area contributed by atoms with Crippen LogP contribution in [0.1, 0.15) is 18.1 Å². The highest BCUT2D eigenvalue weighted by atomic mass is 35.5. The van der Waals surface area contributed by atoms with Crippen molar-refractivity contribution in [3.8, 4) is 17.1 Å². The summed E-state index contributed by atoms with van der Waals surface area (Å²) in [5, 5.41) is 0.789. The maximum atomic E-state index is 13.1. The Labute approximate surface area is 161 Å². The van der Waals surface area contributed by atoms with Crippen LogP contribution in [0.5, 0.6) is 5.75 Å². The number of ether oxygens (including phenoxy) is 2. The Bertz CT molecular complexity index is 1070. The third kappa shape index (κ3) is 3.83. The normalized spacial score (nSPS) is 10.8. The molecular weight excluding hydrogens is 368 g/mol. The molecule has 0 fully saturated rings. The van der Waals surface area contributed by atoms with Crippen LogP contribution >= 0.6 is 11.6 Å². The summed E-state index contributed by atoms with van der Waals surface area (Å²) in [5.41, 5.74) is 2.53. The fourth-order valence-electron chi connectivity index (χ4n) is 2.72. The number of aryl methyl sites for hydroxylation is 2. The predicted octanol–water partition coefficient (Wildman–Crippen LogP) is 4.67. The third-order valence-electron chi connectivity index (χ3n) is 4.22. The van der Waals surface area contributed by atoms with Gasteiger partial charge in [0.25, 0.3) is 0 Å². The number of esters is 1. The first-order chi connectivity index (χ1) is 12.9. The Hall–Kier alpha value is -2.79. The van der Waals surface area contributed by atoms with Crippen molar-refractivity contribution in [1.82, 2.24) is 0 Å². The summed E-state index contributed by atoms with van der Waals surface area (Å²) < 4.78 is 16.4. The van der Waals surface area contributed by atoms with E-state index in [0.717, 1.165) is 11.1 Å². The highest BCUT2D eigenvalue weighted by molar-refractivity contribution is 6.33. The number of carbonyl (C=O) groups is 1. The van der Waals surface area contributed by atoms with Crippen LogP contribution in [0, 0.1) is 13.8 Å². The second kappa shape index (κ2) is 7.84. The molecule has 3 aromatic rings. The van der Waals surface area contributed by atoms with Gasteiger partial charge in [0.15, 0.2) is 12.4 Å². The Morgan fingerprint density at radius 2 is 1.85 bits per heavy atom. The molecule has 6 heteroatoms. The van der Waals surface area contributed by atoms with Gasteiger partial charge in [-0.3, -0.25) is 4.79 Å². The Morgan fingerprint density at radius 1 is 1.15 bits per heavy atom. The highest BCUT2D eigenvalue weighted by Crippen LogP contribution is 2.35. The Balaban J connectivity index is 2.22. The largest absolute Gasteiger partial charge is 0.474 e. The van der Waals surface area contributed by atoms with Gasteiger partial charge in [0.05, 0.1) is 17.0 Å². The van der Waals surface area contributed by atoms with Crippen molar-refractivity contribution in [2.75, 3.05) is 13.2 Å². The van der Waals surface area contributed by atoms with Crippen LogP contribution in [0.25, 0.3) is 22.3 Å². The van der Waals surface area contributed by atoms with Crippen LogP contribution in [-0.4, -0.2) is 19.2 Å². The van der Waals surface area contributed by atoms with Crippen molar-refractivity contribution >= 4 is 28.5 Å². The lowest BCUT2D eigenvalue weighted by Gasteiger charge is -2.13. The van der Waals surface area contributed by atoms with Gasteiger partial charge in [-0.25, -0.2) is 4.79 Å². The number of hydrogen-bond donors (Lipinski definition) is 0. The molecule has 0 saturated heterocycles. The third-order valence-corrected chi connectivity index (χ3v) is 4.55. The van der Waals surface area contributed by atoms with Gasteiger partial charge in [-0.2, -0.15) is 0 Å². The van der Waals surface area contributed by atoms with Crippen molar-refractivity contribution in [1.29, 1.82) is 0 Å². The lowest BCUT2D eigenvalue weighted by molar-refractivity contribution is -0.145. The molecule has 27 heavy (non-hydrogen) atoms. The molecule has 0 aliphatic heterocycles. The number of carbonyl (C=O) groups excluding carboxylic acids is 1. The Kier molecular flexibility index (Phi) is 5.51. The average molecular weight is 387 g/mol. The molecule has 0 radical (unpaired) electrons. The maximum absolute atomic E-state index is 13.1. The second-order valence-corrected chi connectivity index (χ2v) is 6.50. The minimum Gasteiger partial charge on any atom is -0.474 e. The van der Waals surface area contributed by atoms with Gasteiger partial charge in [0.2, 0.25) is 11.2 Å². The number of rotatable bonds is 5. The highest BCUT2D eigenvalue weighted by Gasteiger charge is 2.21. The van der Waals surface area contributed by atoms with Gasteiger partial charge in [-0.05, 0) is 56.2 Å². The monoisotopic (exact) mass is 386 g/mol. The molecule has 3 rings (SSSR count). The molecule has 140 valence electrons. The fraction of sp³-hybridized carbons (Fsp3) is 0.238. The first-order valence-corrected chi connectivity index (χ1v) is 8.91. The molecule has 2 aromatic carbocycles. The topological polar surface area (TPSA) is 65.7 Å². The van der Waals surface area contributed by atoms with Gasteiger partial charge >= 0.3 is 5.97 Å². The summed E-state index contributed by atoms with van der Waals surface area (Å²) >= 11 is 6.29. The van der Waals surface area contributed by atoms with Crippen LogP contribution in [0.4, 0.5) is 0 Å². The summed E-state index contributed by atoms with van der Waals surface area (Å²) in [6.07, 6.45) is 0. The molecule has 1 aromatic heterocycles. The zero-order valence-electron chi connectivity index (χ0n) is 15.3. The van der Waals surface area contributed by atoms with E-state index in [0.29, 0.717) is 21.6 Å². The second-order valence-electron chi connectivity index (χ2n) is 6.10. The SMILES string of the molecule is CCOC(=O)COc1c(-c2ccccc2Cl)oc2cc(C)c(C)cc2c1=O. The van der Waals surface area contributed by atoms with E-state index in [2.05, 4.69) is 0 Å². The molecule has 0 atom stereocenters. The lowest BCUT2D eigenvalue weighted by Crippen LogP contribution is -2.19. The van der Waals surface area contributed by atoms with E-state index in [1.807, 2.05) is 19.9 Å². The number of hydrogen-bond acceptors (Lipinski definition) is 5. The van der Waals surface area contributed by atoms with Crippen LogP contribution in [-0.2, 0) is 9.53 Å². The smallest absolute Gasteiger partial charge is 0.344 e. The number of halogens is 1. The molecule has 0 saturated carbocycles. The molecule has 0 bridgehead atoms. The van der Waals surface area contributed by atoms with Crippen LogP contribution in [0.2, 0.25) is 5.02 Å². The summed E-state index contributed by atoms with van der Waals surface area (Å²) in [5.74, 6) is -0.445. The molecular formula is C21H19ClO5. The van der Waals surface area contributed by atoms with Crippen molar-refractivity contribution in [2.24, 2.45) is 0 Å². The van der Waals surface area contributed by atoms with Crippen molar-refractivity contribution in [3.05, 3.63) is 62.8 Å². The zero-order valence-corrected chi connectivity index (χ0v) is 16.1. The minimum absolute atomic E-state index is 0.0630. The van der Waals surface area contributed by atoms with Crippen LogP contribution in [0.15, 0.2) is 45.6 Å². The first kappa shape index (κ1) is 19.0. The van der Waals surface area contributed by atoms with Crippen molar-refractivity contribution in [2.45, 2.75) is 20.8 Å². The molecule has 0 aliphatic rings. The molecule has 0 N–H and O–H groups in total. The summed E-state index contributed by atoms with van der Waals surface area (Å²) in [4.78, 5) is 24.8. The molecule has 5 nitrogen and oxygen atoms in total. The van der Waals surface area contributed by atoms with E-state index >= 15 is 0 Å². The van der Waals surface area contributed by atoms with E-state index in [4.69, 9.17) is 25.5 Å². The average Bonchev–Trinajstić information content (AvgIpc) is 2.63. The van der Waals surface area contributed by atoms with Crippen LogP contribution < -0.4 is 10.2 Å². The quantitative estimate of drug-likeness (QED) is 0.596. The minimum atomic E-state index is -0.567. The van der Waals surface area contributed by atoms with Crippen molar-refractivity contribution in [3.63, 3.8) is 0 Å². The molecule has 0 aliphatic carbocycles. The molecule has 0 unspecified atom stereocenters. The molecule has 1 heterocycles. The predicted molar refractivity (Wildman–Crippen MR) is 105 cm³/mol. The summed E-state index contributed by atoms with van der Waals surface area (Å²) in [6.45, 7) is 5.38. The molecule has 0 spiro atoms. The number of fused-ring (bicyclic) bond motifs is 1. The van der Waals surface area contributed by atoms with Gasteiger partial charge in [-0.1, -0.05) is 23.7 Å².